The summed E-state index contributed by atoms with van der Waals surface area (Å²) in [5.74, 6) is 2.25. The molecule has 4 aliphatic carbocycles. The largest absolute Gasteiger partial charge is 0.0654 e. The van der Waals surface area contributed by atoms with E-state index < -0.39 is 0 Å². The van der Waals surface area contributed by atoms with E-state index in [0.29, 0.717) is 0 Å². The topological polar surface area (TPSA) is 0 Å². The van der Waals surface area contributed by atoms with Crippen LogP contribution in [0.5, 0.6) is 0 Å². The fraction of sp³-hybridized carbons (Fsp3) is 1.00. The molecule has 16 heavy (non-hydrogen) atoms. The third-order valence-corrected chi connectivity index (χ3v) is 5.86. The second kappa shape index (κ2) is 3.75. The third-order valence-electron chi connectivity index (χ3n) is 5.86. The molecule has 0 heteroatoms. The first-order chi connectivity index (χ1) is 7.69. The predicted octanol–water partition coefficient (Wildman–Crippen LogP) is 5.17. The summed E-state index contributed by atoms with van der Waals surface area (Å²) in [5.41, 5.74) is 1.63. The van der Waals surface area contributed by atoms with E-state index >= 15 is 0 Å². The maximum atomic E-state index is 2.39. The normalized spacial score (nSPS) is 49.9. The average molecular weight is 220 g/mol. The van der Waals surface area contributed by atoms with Crippen LogP contribution in [0.2, 0.25) is 0 Å². The molecule has 92 valence electrons. The molecule has 4 bridgehead atoms. The monoisotopic (exact) mass is 220 g/mol. The Morgan fingerprint density at radius 2 is 1.25 bits per heavy atom. The van der Waals surface area contributed by atoms with Crippen molar-refractivity contribution in [3.8, 4) is 0 Å². The first-order valence-electron chi connectivity index (χ1n) is 7.69. The zero-order chi connectivity index (χ0) is 11.2. The van der Waals surface area contributed by atoms with E-state index in [9.17, 15) is 0 Å². The molecule has 0 aliphatic heterocycles. The molecule has 0 heterocycles. The fourth-order valence-electron chi connectivity index (χ4n) is 6.30. The summed E-state index contributed by atoms with van der Waals surface area (Å²) in [7, 11) is 0. The van der Waals surface area contributed by atoms with Crippen molar-refractivity contribution >= 4 is 0 Å². The smallest absolute Gasteiger partial charge is 0.0287 e. The minimum atomic E-state index is 0.813. The molecule has 4 fully saturated rings. The summed E-state index contributed by atoms with van der Waals surface area (Å²) < 4.78 is 0. The first-order valence-corrected chi connectivity index (χ1v) is 7.69. The van der Waals surface area contributed by atoms with Gasteiger partial charge >= 0.3 is 0 Å². The Kier molecular flexibility index (Phi) is 2.60. The second-order valence-electron chi connectivity index (χ2n) is 7.46. The van der Waals surface area contributed by atoms with Crippen LogP contribution >= 0.6 is 0 Å². The van der Waals surface area contributed by atoms with Gasteiger partial charge in [-0.25, -0.2) is 0 Å². The summed E-state index contributed by atoms with van der Waals surface area (Å²) >= 11 is 0. The lowest BCUT2D eigenvalue weighted by molar-refractivity contribution is -0.117. The van der Waals surface area contributed by atoms with Gasteiger partial charge < -0.3 is 0 Å². The van der Waals surface area contributed by atoms with Gasteiger partial charge in [0, 0.05) is 0 Å². The van der Waals surface area contributed by atoms with Crippen LogP contribution in [0.3, 0.4) is 0 Å². The molecule has 4 rings (SSSR count). The minimum Gasteiger partial charge on any atom is -0.0654 e. The van der Waals surface area contributed by atoms with Gasteiger partial charge in [0.25, 0.3) is 0 Å². The van der Waals surface area contributed by atoms with Crippen LogP contribution < -0.4 is 0 Å². The van der Waals surface area contributed by atoms with E-state index in [1.807, 2.05) is 0 Å². The Balaban J connectivity index is 1.85. The van der Waals surface area contributed by atoms with E-state index in [-0.39, 0.29) is 0 Å². The predicted molar refractivity (Wildman–Crippen MR) is 69.4 cm³/mol. The average Bonchev–Trinajstić information content (AvgIpc) is 2.14. The van der Waals surface area contributed by atoms with Crippen LogP contribution in [0.25, 0.3) is 0 Å². The minimum absolute atomic E-state index is 0.813. The third kappa shape index (κ3) is 1.64. The highest BCUT2D eigenvalue weighted by Gasteiger charge is 2.56. The van der Waals surface area contributed by atoms with Gasteiger partial charge in [-0.05, 0) is 74.0 Å². The quantitative estimate of drug-likeness (QED) is 0.613. The molecule has 0 nitrogen and oxygen atoms in total. The zero-order valence-electron chi connectivity index (χ0n) is 11.2. The van der Waals surface area contributed by atoms with Crippen molar-refractivity contribution in [2.24, 2.45) is 22.7 Å². The fourth-order valence-corrected chi connectivity index (χ4v) is 6.30. The van der Waals surface area contributed by atoms with Crippen molar-refractivity contribution in [2.75, 3.05) is 0 Å². The van der Waals surface area contributed by atoms with E-state index in [0.717, 1.165) is 22.7 Å². The number of hydrogen-bond donors (Lipinski definition) is 0. The van der Waals surface area contributed by atoms with Gasteiger partial charge in [-0.3, -0.25) is 0 Å². The van der Waals surface area contributed by atoms with Gasteiger partial charge in [0.05, 0.1) is 0 Å². The Bertz CT molecular complexity index is 227. The highest BCUT2D eigenvalue weighted by molar-refractivity contribution is 5.07. The van der Waals surface area contributed by atoms with Crippen LogP contribution in [0.4, 0.5) is 0 Å². The standard InChI is InChI=1S/C16H28/c1-3-5-15-8-13-7-14(9-15)11-16(10-13,12-15)6-4-2/h13-14H,3-12H2,1-2H3. The summed E-state index contributed by atoms with van der Waals surface area (Å²) in [6.07, 6.45) is 15.5. The molecule has 0 aromatic carbocycles. The van der Waals surface area contributed by atoms with Crippen molar-refractivity contribution in [3.63, 3.8) is 0 Å². The lowest BCUT2D eigenvalue weighted by Gasteiger charge is -2.63. The Morgan fingerprint density at radius 3 is 1.62 bits per heavy atom. The molecule has 0 N–H and O–H groups in total. The summed E-state index contributed by atoms with van der Waals surface area (Å²) in [4.78, 5) is 0. The van der Waals surface area contributed by atoms with Crippen LogP contribution in [-0.2, 0) is 0 Å². The second-order valence-corrected chi connectivity index (χ2v) is 7.46. The molecule has 0 spiro atoms. The Labute approximate surface area is 101 Å². The summed E-state index contributed by atoms with van der Waals surface area (Å²) in [6.45, 7) is 4.79. The van der Waals surface area contributed by atoms with Crippen molar-refractivity contribution < 1.29 is 0 Å². The van der Waals surface area contributed by atoms with Crippen LogP contribution in [0.1, 0.15) is 78.1 Å². The van der Waals surface area contributed by atoms with Crippen molar-refractivity contribution in [1.29, 1.82) is 0 Å². The molecule has 0 aromatic heterocycles. The molecule has 0 atom stereocenters. The highest BCUT2D eigenvalue weighted by atomic mass is 14.6. The van der Waals surface area contributed by atoms with Crippen molar-refractivity contribution in [1.82, 2.24) is 0 Å². The van der Waals surface area contributed by atoms with E-state index in [1.54, 1.807) is 38.5 Å². The molecule has 0 aromatic rings. The van der Waals surface area contributed by atoms with Gasteiger partial charge in [0.2, 0.25) is 0 Å². The van der Waals surface area contributed by atoms with Gasteiger partial charge in [0.15, 0.2) is 0 Å². The van der Waals surface area contributed by atoms with Crippen molar-refractivity contribution in [2.45, 2.75) is 78.1 Å². The number of hydrogen-bond acceptors (Lipinski definition) is 0. The van der Waals surface area contributed by atoms with Crippen LogP contribution in [-0.4, -0.2) is 0 Å². The zero-order valence-corrected chi connectivity index (χ0v) is 11.2. The summed E-state index contributed by atoms with van der Waals surface area (Å²) in [6, 6.07) is 0. The molecule has 0 saturated heterocycles. The molecule has 0 unspecified atom stereocenters. The van der Waals surface area contributed by atoms with E-state index in [1.165, 1.54) is 25.7 Å². The molecular weight excluding hydrogens is 192 g/mol. The Morgan fingerprint density at radius 1 is 0.812 bits per heavy atom. The van der Waals surface area contributed by atoms with Gasteiger partial charge in [0.1, 0.15) is 0 Å². The first kappa shape index (κ1) is 11.1. The van der Waals surface area contributed by atoms with Gasteiger partial charge in [-0.1, -0.05) is 26.7 Å². The van der Waals surface area contributed by atoms with E-state index in [4.69, 9.17) is 0 Å². The molecule has 0 radical (unpaired) electrons. The lowest BCUT2D eigenvalue weighted by Crippen LogP contribution is -2.51. The van der Waals surface area contributed by atoms with Gasteiger partial charge in [-0.2, -0.15) is 0 Å². The molecule has 4 aliphatic rings. The lowest BCUT2D eigenvalue weighted by atomic mass is 9.43. The molecule has 0 amide bonds. The van der Waals surface area contributed by atoms with Crippen LogP contribution in [0.15, 0.2) is 0 Å². The molecular formula is C16H28. The Hall–Kier alpha value is 0. The maximum absolute atomic E-state index is 2.39. The van der Waals surface area contributed by atoms with Crippen LogP contribution in [0, 0.1) is 22.7 Å². The molecule has 4 saturated carbocycles. The SMILES string of the molecule is CCCC12CC3CC(C1)CC(CCC)(C3)C2. The maximum Gasteiger partial charge on any atom is -0.0287 e. The van der Waals surface area contributed by atoms with Gasteiger partial charge in [-0.15, -0.1) is 0 Å². The van der Waals surface area contributed by atoms with E-state index in [2.05, 4.69) is 13.8 Å². The highest BCUT2D eigenvalue weighted by Crippen LogP contribution is 2.67. The van der Waals surface area contributed by atoms with Crippen molar-refractivity contribution in [3.05, 3.63) is 0 Å². The summed E-state index contributed by atoms with van der Waals surface area (Å²) in [5, 5.41) is 0. The number of rotatable bonds is 4.